The molecule has 0 spiro atoms. The predicted molar refractivity (Wildman–Crippen MR) is 65.9 cm³/mol. The first-order valence-electron chi connectivity index (χ1n) is 5.54. The molecule has 2 nitrogen and oxygen atoms in total. The molecule has 1 aromatic rings. The SMILES string of the molecule is CNC(c1ccc(C)cc1C)C(C)CN. The second-order valence-corrected chi connectivity index (χ2v) is 4.34. The summed E-state index contributed by atoms with van der Waals surface area (Å²) < 4.78 is 0. The minimum Gasteiger partial charge on any atom is -0.330 e. The van der Waals surface area contributed by atoms with Crippen molar-refractivity contribution in [2.24, 2.45) is 11.7 Å². The molecule has 0 amide bonds. The van der Waals surface area contributed by atoms with E-state index in [1.165, 1.54) is 16.7 Å². The van der Waals surface area contributed by atoms with Crippen LogP contribution in [0, 0.1) is 19.8 Å². The molecule has 3 N–H and O–H groups in total. The van der Waals surface area contributed by atoms with Crippen LogP contribution in [-0.2, 0) is 0 Å². The van der Waals surface area contributed by atoms with Gasteiger partial charge >= 0.3 is 0 Å². The number of hydrogen-bond acceptors (Lipinski definition) is 2. The van der Waals surface area contributed by atoms with Gasteiger partial charge in [-0.15, -0.1) is 0 Å². The van der Waals surface area contributed by atoms with E-state index >= 15 is 0 Å². The molecule has 0 fully saturated rings. The van der Waals surface area contributed by atoms with E-state index in [1.807, 2.05) is 7.05 Å². The number of aryl methyl sites for hydroxylation is 2. The van der Waals surface area contributed by atoms with Crippen molar-refractivity contribution in [3.8, 4) is 0 Å². The molecule has 2 unspecified atom stereocenters. The van der Waals surface area contributed by atoms with E-state index in [9.17, 15) is 0 Å². The van der Waals surface area contributed by atoms with E-state index in [0.717, 1.165) is 0 Å². The lowest BCUT2D eigenvalue weighted by Crippen LogP contribution is -2.29. The average molecular weight is 206 g/mol. The van der Waals surface area contributed by atoms with Crippen molar-refractivity contribution >= 4 is 0 Å². The lowest BCUT2D eigenvalue weighted by Gasteiger charge is -2.24. The molecular formula is C13H22N2. The standard InChI is InChI=1S/C13H22N2/c1-9-5-6-12(10(2)7-9)13(15-4)11(3)8-14/h5-7,11,13,15H,8,14H2,1-4H3. The van der Waals surface area contributed by atoms with E-state index in [2.05, 4.69) is 44.3 Å². The summed E-state index contributed by atoms with van der Waals surface area (Å²) in [6.45, 7) is 7.17. The normalized spacial score (nSPS) is 15.0. The summed E-state index contributed by atoms with van der Waals surface area (Å²) in [5, 5.41) is 3.35. The molecule has 1 rings (SSSR count). The van der Waals surface area contributed by atoms with Gasteiger partial charge in [-0.05, 0) is 44.5 Å². The van der Waals surface area contributed by atoms with Crippen molar-refractivity contribution < 1.29 is 0 Å². The van der Waals surface area contributed by atoms with Gasteiger partial charge in [0.1, 0.15) is 0 Å². The van der Waals surface area contributed by atoms with E-state index in [0.29, 0.717) is 18.5 Å². The Balaban J connectivity index is 3.01. The van der Waals surface area contributed by atoms with Crippen LogP contribution in [0.5, 0.6) is 0 Å². The summed E-state index contributed by atoms with van der Waals surface area (Å²) in [6, 6.07) is 6.95. The van der Waals surface area contributed by atoms with E-state index in [1.54, 1.807) is 0 Å². The van der Waals surface area contributed by atoms with Gasteiger partial charge < -0.3 is 11.1 Å². The van der Waals surface area contributed by atoms with Crippen molar-refractivity contribution in [3.63, 3.8) is 0 Å². The van der Waals surface area contributed by atoms with Gasteiger partial charge in [0.25, 0.3) is 0 Å². The van der Waals surface area contributed by atoms with Crippen LogP contribution in [-0.4, -0.2) is 13.6 Å². The Labute approximate surface area is 92.9 Å². The van der Waals surface area contributed by atoms with Gasteiger partial charge in [0.05, 0.1) is 0 Å². The summed E-state index contributed by atoms with van der Waals surface area (Å²) in [6.07, 6.45) is 0. The van der Waals surface area contributed by atoms with Gasteiger partial charge in [-0.2, -0.15) is 0 Å². The number of rotatable bonds is 4. The van der Waals surface area contributed by atoms with Gasteiger partial charge in [0, 0.05) is 6.04 Å². The third-order valence-corrected chi connectivity index (χ3v) is 3.01. The molecule has 0 aliphatic carbocycles. The van der Waals surface area contributed by atoms with Crippen molar-refractivity contribution in [1.82, 2.24) is 5.32 Å². The number of hydrogen-bond donors (Lipinski definition) is 2. The second kappa shape index (κ2) is 5.29. The monoisotopic (exact) mass is 206 g/mol. The maximum Gasteiger partial charge on any atom is 0.0358 e. The Bertz CT molecular complexity index is 320. The van der Waals surface area contributed by atoms with Crippen LogP contribution in [0.3, 0.4) is 0 Å². The summed E-state index contributed by atoms with van der Waals surface area (Å²) >= 11 is 0. The van der Waals surface area contributed by atoms with Crippen molar-refractivity contribution in [1.29, 1.82) is 0 Å². The molecule has 0 bridgehead atoms. The third-order valence-electron chi connectivity index (χ3n) is 3.01. The highest BCUT2D eigenvalue weighted by Gasteiger charge is 2.17. The van der Waals surface area contributed by atoms with Gasteiger partial charge in [-0.1, -0.05) is 30.7 Å². The highest BCUT2D eigenvalue weighted by Crippen LogP contribution is 2.24. The molecule has 2 heteroatoms. The van der Waals surface area contributed by atoms with E-state index in [-0.39, 0.29) is 0 Å². The number of benzene rings is 1. The highest BCUT2D eigenvalue weighted by atomic mass is 14.9. The zero-order valence-corrected chi connectivity index (χ0v) is 10.2. The molecule has 2 atom stereocenters. The molecule has 0 aromatic heterocycles. The van der Waals surface area contributed by atoms with Crippen LogP contribution >= 0.6 is 0 Å². The predicted octanol–water partition coefficient (Wildman–Crippen LogP) is 2.16. The Hall–Kier alpha value is -0.860. The molecule has 0 heterocycles. The lowest BCUT2D eigenvalue weighted by molar-refractivity contribution is 0.418. The van der Waals surface area contributed by atoms with Crippen molar-refractivity contribution in [3.05, 3.63) is 34.9 Å². The minimum atomic E-state index is 0.357. The molecule has 0 saturated heterocycles. The first kappa shape index (κ1) is 12.2. The van der Waals surface area contributed by atoms with E-state index in [4.69, 9.17) is 5.73 Å². The van der Waals surface area contributed by atoms with Crippen LogP contribution < -0.4 is 11.1 Å². The maximum atomic E-state index is 5.73. The van der Waals surface area contributed by atoms with Crippen molar-refractivity contribution in [2.75, 3.05) is 13.6 Å². The van der Waals surface area contributed by atoms with Crippen LogP contribution in [0.4, 0.5) is 0 Å². The number of nitrogens with one attached hydrogen (secondary N) is 1. The fourth-order valence-electron chi connectivity index (χ4n) is 2.06. The molecule has 0 radical (unpaired) electrons. The van der Waals surface area contributed by atoms with Gasteiger partial charge in [-0.3, -0.25) is 0 Å². The van der Waals surface area contributed by atoms with E-state index < -0.39 is 0 Å². The average Bonchev–Trinajstić information content (AvgIpc) is 2.21. The fraction of sp³-hybridized carbons (Fsp3) is 0.538. The van der Waals surface area contributed by atoms with Crippen molar-refractivity contribution in [2.45, 2.75) is 26.8 Å². The first-order valence-corrected chi connectivity index (χ1v) is 5.54. The zero-order chi connectivity index (χ0) is 11.4. The largest absolute Gasteiger partial charge is 0.330 e. The number of nitrogens with two attached hydrogens (primary N) is 1. The Kier molecular flexibility index (Phi) is 4.30. The van der Waals surface area contributed by atoms with Gasteiger partial charge in [0.2, 0.25) is 0 Å². The molecule has 0 aliphatic heterocycles. The summed E-state index contributed by atoms with van der Waals surface area (Å²) in [5.74, 6) is 0.455. The first-order chi connectivity index (χ1) is 7.10. The quantitative estimate of drug-likeness (QED) is 0.792. The summed E-state index contributed by atoms with van der Waals surface area (Å²) in [4.78, 5) is 0. The summed E-state index contributed by atoms with van der Waals surface area (Å²) in [7, 11) is 2.00. The van der Waals surface area contributed by atoms with Crippen LogP contribution in [0.1, 0.15) is 29.7 Å². The Morgan fingerprint density at radius 1 is 1.33 bits per heavy atom. The smallest absolute Gasteiger partial charge is 0.0358 e. The fourth-order valence-corrected chi connectivity index (χ4v) is 2.06. The zero-order valence-electron chi connectivity index (χ0n) is 10.2. The minimum absolute atomic E-state index is 0.357. The molecular weight excluding hydrogens is 184 g/mol. The summed E-state index contributed by atoms with van der Waals surface area (Å²) in [5.41, 5.74) is 9.74. The molecule has 15 heavy (non-hydrogen) atoms. The second-order valence-electron chi connectivity index (χ2n) is 4.34. The molecule has 0 saturated carbocycles. The van der Waals surface area contributed by atoms with Crippen LogP contribution in [0.2, 0.25) is 0 Å². The highest BCUT2D eigenvalue weighted by molar-refractivity contribution is 5.33. The molecule has 0 aliphatic rings. The molecule has 1 aromatic carbocycles. The Morgan fingerprint density at radius 3 is 2.47 bits per heavy atom. The Morgan fingerprint density at radius 2 is 2.00 bits per heavy atom. The topological polar surface area (TPSA) is 38.0 Å². The van der Waals surface area contributed by atoms with Gasteiger partial charge in [0.15, 0.2) is 0 Å². The third kappa shape index (κ3) is 2.80. The van der Waals surface area contributed by atoms with Crippen LogP contribution in [0.15, 0.2) is 18.2 Å². The van der Waals surface area contributed by atoms with Crippen LogP contribution in [0.25, 0.3) is 0 Å². The van der Waals surface area contributed by atoms with Gasteiger partial charge in [-0.25, -0.2) is 0 Å². The maximum absolute atomic E-state index is 5.73. The molecule has 84 valence electrons. The lowest BCUT2D eigenvalue weighted by atomic mass is 9.91.